The highest BCUT2D eigenvalue weighted by Gasteiger charge is 2.28. The normalized spacial score (nSPS) is 15.8. The largest absolute Gasteiger partial charge is 0.411 e. The number of ether oxygens (including phenoxy) is 1. The maximum atomic E-state index is 12.0. The van der Waals surface area contributed by atoms with E-state index in [0.29, 0.717) is 44.0 Å². The van der Waals surface area contributed by atoms with Crippen LogP contribution < -0.4 is 4.90 Å². The molecule has 0 unspecified atom stereocenters. The molecule has 1 saturated heterocycles. The van der Waals surface area contributed by atoms with Gasteiger partial charge in [-0.1, -0.05) is 0 Å². The van der Waals surface area contributed by atoms with Crippen molar-refractivity contribution in [3.05, 3.63) is 23.9 Å². The van der Waals surface area contributed by atoms with E-state index in [0.717, 1.165) is 0 Å². The molecule has 2 heterocycles. The monoisotopic (exact) mass is 342 g/mol. The number of amides is 1. The van der Waals surface area contributed by atoms with Crippen LogP contribution in [0, 0.1) is 11.3 Å². The van der Waals surface area contributed by atoms with Crippen LogP contribution in [-0.2, 0) is 9.53 Å². The Bertz CT molecular complexity index is 615. The van der Waals surface area contributed by atoms with E-state index < -0.39 is 25.3 Å². The molecule has 0 saturated carbocycles. The van der Waals surface area contributed by atoms with E-state index in [1.165, 1.54) is 4.90 Å². The smallest absolute Gasteiger partial charge is 0.362 e. The average Bonchev–Trinajstić information content (AvgIpc) is 2.79. The molecule has 1 aliphatic heterocycles. The fourth-order valence-corrected chi connectivity index (χ4v) is 2.46. The number of aromatic nitrogens is 1. The number of rotatable bonds is 4. The number of alkyl halides is 3. The lowest BCUT2D eigenvalue weighted by atomic mass is 10.2. The first kappa shape index (κ1) is 18.0. The number of nitriles is 1. The van der Waals surface area contributed by atoms with Gasteiger partial charge in [0.05, 0.1) is 5.56 Å². The van der Waals surface area contributed by atoms with E-state index >= 15 is 0 Å². The maximum absolute atomic E-state index is 12.0. The third-order valence-corrected chi connectivity index (χ3v) is 3.55. The molecule has 1 aromatic rings. The molecule has 1 aliphatic rings. The lowest BCUT2D eigenvalue weighted by Gasteiger charge is -2.23. The molecule has 0 bridgehead atoms. The molecule has 0 radical (unpaired) electrons. The minimum Gasteiger partial charge on any atom is -0.362 e. The molecule has 0 N–H and O–H groups in total. The maximum Gasteiger partial charge on any atom is 0.411 e. The molecule has 1 amide bonds. The van der Waals surface area contributed by atoms with Gasteiger partial charge in [-0.05, 0) is 18.6 Å². The summed E-state index contributed by atoms with van der Waals surface area (Å²) in [6.45, 7) is -0.185. The number of nitrogens with zero attached hydrogens (tertiary/aromatic N) is 4. The Morgan fingerprint density at radius 3 is 2.83 bits per heavy atom. The highest BCUT2D eigenvalue weighted by Crippen LogP contribution is 2.18. The minimum atomic E-state index is -4.44. The molecule has 0 aromatic carbocycles. The summed E-state index contributed by atoms with van der Waals surface area (Å²) in [5.41, 5.74) is 0.450. The lowest BCUT2D eigenvalue weighted by Crippen LogP contribution is -2.38. The molecule has 1 aromatic heterocycles. The summed E-state index contributed by atoms with van der Waals surface area (Å²) in [6.07, 6.45) is -2.22. The zero-order valence-corrected chi connectivity index (χ0v) is 12.9. The number of hydrogen-bond donors (Lipinski definition) is 0. The van der Waals surface area contributed by atoms with E-state index in [-0.39, 0.29) is 0 Å². The highest BCUT2D eigenvalue weighted by molar-refractivity contribution is 5.77. The van der Waals surface area contributed by atoms with Gasteiger partial charge in [-0.3, -0.25) is 4.79 Å². The summed E-state index contributed by atoms with van der Waals surface area (Å²) in [7, 11) is 0. The molecule has 130 valence electrons. The second kappa shape index (κ2) is 7.97. The van der Waals surface area contributed by atoms with Gasteiger partial charge in [0, 0.05) is 32.4 Å². The molecule has 2 rings (SSSR count). The predicted octanol–water partition coefficient (Wildman–Crippen LogP) is 1.57. The Morgan fingerprint density at radius 2 is 2.12 bits per heavy atom. The van der Waals surface area contributed by atoms with Gasteiger partial charge in [0.1, 0.15) is 25.1 Å². The average molecular weight is 342 g/mol. The molecular weight excluding hydrogens is 325 g/mol. The standard InChI is InChI=1S/C15H17F3N4O2/c16-15(17,18)11-24-10-13(23)21-5-2-6-22(8-7-21)14-12(9-19)3-1-4-20-14/h1,3-4H,2,5-8,10-11H2. The number of anilines is 1. The quantitative estimate of drug-likeness (QED) is 0.831. The Labute approximate surface area is 137 Å². The van der Waals surface area contributed by atoms with Crippen molar-refractivity contribution in [1.29, 1.82) is 5.26 Å². The Kier molecular flexibility index (Phi) is 5.98. The second-order valence-corrected chi connectivity index (χ2v) is 5.32. The van der Waals surface area contributed by atoms with Crippen molar-refractivity contribution in [3.63, 3.8) is 0 Å². The molecule has 1 fully saturated rings. The Balaban J connectivity index is 1.91. The fourth-order valence-electron chi connectivity index (χ4n) is 2.46. The first-order valence-electron chi connectivity index (χ1n) is 7.43. The van der Waals surface area contributed by atoms with Crippen molar-refractivity contribution >= 4 is 11.7 Å². The summed E-state index contributed by atoms with van der Waals surface area (Å²) in [6, 6.07) is 5.42. The van der Waals surface area contributed by atoms with Crippen molar-refractivity contribution in [2.45, 2.75) is 12.6 Å². The van der Waals surface area contributed by atoms with Crippen molar-refractivity contribution in [2.24, 2.45) is 0 Å². The predicted molar refractivity (Wildman–Crippen MR) is 79.2 cm³/mol. The van der Waals surface area contributed by atoms with Crippen LogP contribution >= 0.6 is 0 Å². The van der Waals surface area contributed by atoms with Crippen LogP contribution in [-0.4, -0.2) is 61.4 Å². The molecule has 24 heavy (non-hydrogen) atoms. The van der Waals surface area contributed by atoms with Gasteiger partial charge >= 0.3 is 6.18 Å². The summed E-state index contributed by atoms with van der Waals surface area (Å²) in [5.74, 6) is 0.0882. The van der Waals surface area contributed by atoms with Crippen LogP contribution in [0.25, 0.3) is 0 Å². The molecule has 9 heteroatoms. The summed E-state index contributed by atoms with van der Waals surface area (Å²) in [5, 5.41) is 9.13. The molecule has 0 spiro atoms. The summed E-state index contributed by atoms with van der Waals surface area (Å²) < 4.78 is 40.5. The van der Waals surface area contributed by atoms with Crippen LogP contribution in [0.3, 0.4) is 0 Å². The zero-order chi connectivity index (χ0) is 17.6. The number of hydrogen-bond acceptors (Lipinski definition) is 5. The van der Waals surface area contributed by atoms with Crippen LogP contribution in [0.15, 0.2) is 18.3 Å². The molecule has 6 nitrogen and oxygen atoms in total. The van der Waals surface area contributed by atoms with E-state index in [4.69, 9.17) is 5.26 Å². The van der Waals surface area contributed by atoms with Gasteiger partial charge in [-0.2, -0.15) is 18.4 Å². The molecule has 0 atom stereocenters. The topological polar surface area (TPSA) is 69.5 Å². The minimum absolute atomic E-state index is 0.343. The Hall–Kier alpha value is -2.34. The number of carbonyl (C=O) groups excluding carboxylic acids is 1. The van der Waals surface area contributed by atoms with Gasteiger partial charge in [0.2, 0.25) is 5.91 Å². The fraction of sp³-hybridized carbons (Fsp3) is 0.533. The molecular formula is C15H17F3N4O2. The van der Waals surface area contributed by atoms with Crippen LogP contribution in [0.4, 0.5) is 19.0 Å². The van der Waals surface area contributed by atoms with Gasteiger partial charge < -0.3 is 14.5 Å². The second-order valence-electron chi connectivity index (χ2n) is 5.32. The van der Waals surface area contributed by atoms with Crippen molar-refractivity contribution in [3.8, 4) is 6.07 Å². The Morgan fingerprint density at radius 1 is 1.33 bits per heavy atom. The van der Waals surface area contributed by atoms with E-state index in [1.54, 1.807) is 18.3 Å². The van der Waals surface area contributed by atoms with Crippen LogP contribution in [0.2, 0.25) is 0 Å². The van der Waals surface area contributed by atoms with Crippen molar-refractivity contribution in [2.75, 3.05) is 44.3 Å². The van der Waals surface area contributed by atoms with E-state index in [9.17, 15) is 18.0 Å². The number of halogens is 3. The summed E-state index contributed by atoms with van der Waals surface area (Å²) >= 11 is 0. The number of carbonyl (C=O) groups is 1. The van der Waals surface area contributed by atoms with Crippen LogP contribution in [0.5, 0.6) is 0 Å². The first-order chi connectivity index (χ1) is 11.4. The van der Waals surface area contributed by atoms with Crippen molar-refractivity contribution in [1.82, 2.24) is 9.88 Å². The third kappa shape index (κ3) is 5.09. The molecule has 0 aliphatic carbocycles. The van der Waals surface area contributed by atoms with Gasteiger partial charge in [0.25, 0.3) is 0 Å². The SMILES string of the molecule is N#Cc1cccnc1N1CCCN(C(=O)COCC(F)(F)F)CC1. The number of pyridine rings is 1. The lowest BCUT2D eigenvalue weighted by molar-refractivity contribution is -0.177. The van der Waals surface area contributed by atoms with Crippen LogP contribution in [0.1, 0.15) is 12.0 Å². The first-order valence-corrected chi connectivity index (χ1v) is 7.43. The van der Waals surface area contributed by atoms with Gasteiger partial charge in [-0.15, -0.1) is 0 Å². The summed E-state index contributed by atoms with van der Waals surface area (Å²) in [4.78, 5) is 19.5. The van der Waals surface area contributed by atoms with Gasteiger partial charge in [-0.25, -0.2) is 4.98 Å². The third-order valence-electron chi connectivity index (χ3n) is 3.55. The van der Waals surface area contributed by atoms with Gasteiger partial charge in [0.15, 0.2) is 0 Å². The zero-order valence-electron chi connectivity index (χ0n) is 12.9. The van der Waals surface area contributed by atoms with Crippen molar-refractivity contribution < 1.29 is 22.7 Å². The van der Waals surface area contributed by atoms with E-state index in [1.807, 2.05) is 4.90 Å². The highest BCUT2D eigenvalue weighted by atomic mass is 19.4. The van der Waals surface area contributed by atoms with E-state index in [2.05, 4.69) is 15.8 Å².